The summed E-state index contributed by atoms with van der Waals surface area (Å²) < 4.78 is 0. The van der Waals surface area contributed by atoms with Crippen molar-refractivity contribution in [1.82, 2.24) is 15.5 Å². The molecule has 0 aliphatic carbocycles. The first kappa shape index (κ1) is 11.0. The van der Waals surface area contributed by atoms with Crippen molar-refractivity contribution in [3.05, 3.63) is 35.9 Å². The highest BCUT2D eigenvalue weighted by Gasteiger charge is 2.17. The number of urea groups is 1. The number of nitrogens with one attached hydrogen (secondary N) is 2. The van der Waals surface area contributed by atoms with Gasteiger partial charge in [-0.15, -0.1) is 0 Å². The molecule has 1 aliphatic rings. The SMILES string of the molecule is O=C1NCCN1CCNCc1ccccc1. The number of benzene rings is 1. The van der Waals surface area contributed by atoms with Gasteiger partial charge in [0.25, 0.3) is 0 Å². The lowest BCUT2D eigenvalue weighted by atomic mass is 10.2. The molecule has 0 unspecified atom stereocenters. The van der Waals surface area contributed by atoms with Gasteiger partial charge in [0.1, 0.15) is 0 Å². The van der Waals surface area contributed by atoms with Crippen LogP contribution in [-0.2, 0) is 6.54 Å². The van der Waals surface area contributed by atoms with Crippen LogP contribution in [0.1, 0.15) is 5.56 Å². The number of hydrogen-bond acceptors (Lipinski definition) is 2. The molecule has 4 nitrogen and oxygen atoms in total. The van der Waals surface area contributed by atoms with Crippen molar-refractivity contribution < 1.29 is 4.79 Å². The summed E-state index contributed by atoms with van der Waals surface area (Å²) in [5.74, 6) is 0. The maximum atomic E-state index is 11.2. The lowest BCUT2D eigenvalue weighted by Gasteiger charge is -2.14. The lowest BCUT2D eigenvalue weighted by Crippen LogP contribution is -2.34. The molecule has 0 spiro atoms. The first-order valence-corrected chi connectivity index (χ1v) is 5.64. The molecule has 1 aliphatic heterocycles. The Hall–Kier alpha value is -1.55. The third kappa shape index (κ3) is 2.97. The first-order chi connectivity index (χ1) is 7.86. The summed E-state index contributed by atoms with van der Waals surface area (Å²) in [5.41, 5.74) is 1.27. The molecule has 86 valence electrons. The predicted molar refractivity (Wildman–Crippen MR) is 63.1 cm³/mol. The second-order valence-corrected chi connectivity index (χ2v) is 3.88. The Kier molecular flexibility index (Phi) is 3.77. The van der Waals surface area contributed by atoms with Gasteiger partial charge in [0.05, 0.1) is 0 Å². The van der Waals surface area contributed by atoms with Crippen LogP contribution in [0.2, 0.25) is 0 Å². The molecular weight excluding hydrogens is 202 g/mol. The summed E-state index contributed by atoms with van der Waals surface area (Å²) in [4.78, 5) is 13.1. The summed E-state index contributed by atoms with van der Waals surface area (Å²) in [6.07, 6.45) is 0. The smallest absolute Gasteiger partial charge is 0.317 e. The van der Waals surface area contributed by atoms with Crippen molar-refractivity contribution in [2.24, 2.45) is 0 Å². The van der Waals surface area contributed by atoms with E-state index < -0.39 is 0 Å². The molecule has 16 heavy (non-hydrogen) atoms. The van der Waals surface area contributed by atoms with Crippen molar-refractivity contribution in [3.8, 4) is 0 Å². The van der Waals surface area contributed by atoms with Gasteiger partial charge in [-0.1, -0.05) is 30.3 Å². The highest BCUT2D eigenvalue weighted by atomic mass is 16.2. The van der Waals surface area contributed by atoms with Gasteiger partial charge in [0.15, 0.2) is 0 Å². The molecular formula is C12H17N3O. The van der Waals surface area contributed by atoms with Gasteiger partial charge in [-0.2, -0.15) is 0 Å². The second kappa shape index (κ2) is 5.51. The van der Waals surface area contributed by atoms with E-state index in [4.69, 9.17) is 0 Å². The van der Waals surface area contributed by atoms with Crippen molar-refractivity contribution in [3.63, 3.8) is 0 Å². The van der Waals surface area contributed by atoms with E-state index in [1.807, 2.05) is 23.1 Å². The molecule has 0 radical (unpaired) electrons. The van der Waals surface area contributed by atoms with E-state index in [-0.39, 0.29) is 6.03 Å². The third-order valence-electron chi connectivity index (χ3n) is 2.68. The highest BCUT2D eigenvalue weighted by molar-refractivity contribution is 5.76. The monoisotopic (exact) mass is 219 g/mol. The molecule has 1 aromatic carbocycles. The number of hydrogen-bond donors (Lipinski definition) is 2. The quantitative estimate of drug-likeness (QED) is 0.719. The van der Waals surface area contributed by atoms with E-state index in [0.717, 1.165) is 32.7 Å². The van der Waals surface area contributed by atoms with Crippen LogP contribution in [0.4, 0.5) is 4.79 Å². The predicted octanol–water partition coefficient (Wildman–Crippen LogP) is 0.801. The first-order valence-electron chi connectivity index (χ1n) is 5.64. The van der Waals surface area contributed by atoms with Crippen LogP contribution in [0, 0.1) is 0 Å². The van der Waals surface area contributed by atoms with Gasteiger partial charge >= 0.3 is 6.03 Å². The zero-order chi connectivity index (χ0) is 11.2. The van der Waals surface area contributed by atoms with E-state index in [0.29, 0.717) is 0 Å². The molecule has 0 aromatic heterocycles. The Bertz CT molecular complexity index is 339. The fourth-order valence-corrected chi connectivity index (χ4v) is 1.77. The minimum atomic E-state index is 0.0570. The topological polar surface area (TPSA) is 44.4 Å². The molecule has 0 bridgehead atoms. The standard InChI is InChI=1S/C12H17N3O/c16-12-14-7-9-15(12)8-6-13-10-11-4-2-1-3-5-11/h1-5,13H,6-10H2,(H,14,16). The largest absolute Gasteiger partial charge is 0.336 e. The second-order valence-electron chi connectivity index (χ2n) is 3.88. The van der Waals surface area contributed by atoms with E-state index >= 15 is 0 Å². The molecule has 1 aromatic rings. The molecule has 0 saturated carbocycles. The summed E-state index contributed by atoms with van der Waals surface area (Å²) in [7, 11) is 0. The fourth-order valence-electron chi connectivity index (χ4n) is 1.77. The zero-order valence-corrected chi connectivity index (χ0v) is 9.28. The molecule has 1 heterocycles. The molecule has 1 saturated heterocycles. The van der Waals surface area contributed by atoms with Crippen LogP contribution in [0.25, 0.3) is 0 Å². The van der Waals surface area contributed by atoms with Gasteiger partial charge in [0, 0.05) is 32.7 Å². The van der Waals surface area contributed by atoms with Gasteiger partial charge in [0.2, 0.25) is 0 Å². The fraction of sp³-hybridized carbons (Fsp3) is 0.417. The molecule has 0 atom stereocenters. The Balaban J connectivity index is 1.64. The van der Waals surface area contributed by atoms with Crippen molar-refractivity contribution in [2.75, 3.05) is 26.2 Å². The Morgan fingerprint density at radius 3 is 2.81 bits per heavy atom. The van der Waals surface area contributed by atoms with E-state index in [2.05, 4.69) is 22.8 Å². The molecule has 2 rings (SSSR count). The Labute approximate surface area is 95.6 Å². The van der Waals surface area contributed by atoms with E-state index in [9.17, 15) is 4.79 Å². The van der Waals surface area contributed by atoms with Crippen molar-refractivity contribution in [2.45, 2.75) is 6.54 Å². The van der Waals surface area contributed by atoms with Crippen LogP contribution in [0.5, 0.6) is 0 Å². The van der Waals surface area contributed by atoms with Crippen LogP contribution >= 0.6 is 0 Å². The summed E-state index contributed by atoms with van der Waals surface area (Å²) in [5, 5.41) is 6.11. The average Bonchev–Trinajstić information content (AvgIpc) is 2.72. The van der Waals surface area contributed by atoms with Crippen LogP contribution in [0.15, 0.2) is 30.3 Å². The Morgan fingerprint density at radius 1 is 1.31 bits per heavy atom. The van der Waals surface area contributed by atoms with Gasteiger partial charge in [-0.25, -0.2) is 4.79 Å². The summed E-state index contributed by atoms with van der Waals surface area (Å²) in [6, 6.07) is 10.3. The molecule has 4 heteroatoms. The minimum absolute atomic E-state index is 0.0570. The third-order valence-corrected chi connectivity index (χ3v) is 2.68. The van der Waals surface area contributed by atoms with E-state index in [1.54, 1.807) is 0 Å². The van der Waals surface area contributed by atoms with Crippen LogP contribution < -0.4 is 10.6 Å². The number of carbonyl (C=O) groups excluding carboxylic acids is 1. The molecule has 1 fully saturated rings. The highest BCUT2D eigenvalue weighted by Crippen LogP contribution is 1.98. The molecule has 2 N–H and O–H groups in total. The number of amides is 2. The minimum Gasteiger partial charge on any atom is -0.336 e. The zero-order valence-electron chi connectivity index (χ0n) is 9.28. The Morgan fingerprint density at radius 2 is 2.12 bits per heavy atom. The number of nitrogens with zero attached hydrogens (tertiary/aromatic N) is 1. The summed E-state index contributed by atoms with van der Waals surface area (Å²) in [6.45, 7) is 4.07. The van der Waals surface area contributed by atoms with E-state index in [1.165, 1.54) is 5.56 Å². The maximum absolute atomic E-state index is 11.2. The van der Waals surface area contributed by atoms with Crippen LogP contribution in [-0.4, -0.2) is 37.1 Å². The summed E-state index contributed by atoms with van der Waals surface area (Å²) >= 11 is 0. The molecule has 2 amide bonds. The average molecular weight is 219 g/mol. The number of rotatable bonds is 5. The maximum Gasteiger partial charge on any atom is 0.317 e. The normalized spacial score (nSPS) is 15.2. The van der Waals surface area contributed by atoms with Crippen molar-refractivity contribution >= 4 is 6.03 Å². The van der Waals surface area contributed by atoms with Crippen LogP contribution in [0.3, 0.4) is 0 Å². The number of carbonyl (C=O) groups is 1. The van der Waals surface area contributed by atoms with Crippen molar-refractivity contribution in [1.29, 1.82) is 0 Å². The van der Waals surface area contributed by atoms with Gasteiger partial charge in [-0.05, 0) is 5.56 Å². The van der Waals surface area contributed by atoms with Gasteiger partial charge < -0.3 is 15.5 Å². The van der Waals surface area contributed by atoms with Gasteiger partial charge in [-0.3, -0.25) is 0 Å². The lowest BCUT2D eigenvalue weighted by molar-refractivity contribution is 0.217.